The Morgan fingerprint density at radius 2 is 0.434 bits per heavy atom. The number of rotatable bonds is 87. The van der Waals surface area contributed by atoms with Crippen molar-refractivity contribution in [3.63, 3.8) is 0 Å². The molecule has 2 unspecified atom stereocenters. The summed E-state index contributed by atoms with van der Waals surface area (Å²) in [5.41, 5.74) is 0. The molecule has 0 aromatic carbocycles. The van der Waals surface area contributed by atoms with E-state index in [0.717, 1.165) is 95.8 Å². The van der Waals surface area contributed by atoms with Crippen LogP contribution in [-0.2, 0) is 65.4 Å². The van der Waals surface area contributed by atoms with Crippen molar-refractivity contribution < 1.29 is 80.2 Å². The van der Waals surface area contributed by atoms with Crippen LogP contribution in [0.1, 0.15) is 471 Å². The molecule has 0 aliphatic carbocycles. The molecule has 17 nitrogen and oxygen atoms in total. The quantitative estimate of drug-likeness (QED) is 0.0222. The van der Waals surface area contributed by atoms with Crippen molar-refractivity contribution in [3.05, 3.63) is 0 Å². The Morgan fingerprint density at radius 1 is 0.255 bits per heavy atom. The summed E-state index contributed by atoms with van der Waals surface area (Å²) >= 11 is 0. The van der Waals surface area contributed by atoms with Gasteiger partial charge in [0.25, 0.3) is 0 Å². The number of aliphatic hydroxyl groups excluding tert-OH is 1. The molecule has 0 fully saturated rings. The summed E-state index contributed by atoms with van der Waals surface area (Å²) < 4.78 is 68.9. The molecule has 0 heterocycles. The van der Waals surface area contributed by atoms with Gasteiger partial charge in [-0.15, -0.1) is 0 Å². The molecule has 0 amide bonds. The first-order chi connectivity index (χ1) is 51.5. The lowest BCUT2D eigenvalue weighted by Crippen LogP contribution is -2.30. The third-order valence-corrected chi connectivity index (χ3v) is 22.4. The fourth-order valence-electron chi connectivity index (χ4n) is 13.6. The van der Waals surface area contributed by atoms with Gasteiger partial charge in [-0.2, -0.15) is 0 Å². The SMILES string of the molecule is CCCCCCCCCCCCCCCCCCCCCCCC(=O)O[C@H](COC(=O)CCCCCCCCCCCCCCCCCCCCC)COP(=O)(O)OC[C@@H](O)COP(=O)(O)OC[C@@H](COC(=O)CCCCCCCCCCC(C)C)OC(=O)CCCCCCCCCCCCCCCCC. The molecule has 0 radical (unpaired) electrons. The van der Waals surface area contributed by atoms with Gasteiger partial charge in [0.2, 0.25) is 0 Å². The van der Waals surface area contributed by atoms with E-state index in [-0.39, 0.29) is 25.7 Å². The smallest absolute Gasteiger partial charge is 0.462 e. The standard InChI is InChI=1S/C87H170O17P2/c1-6-9-12-15-18-21-24-27-30-32-34-35-37-39-42-45-48-51-58-63-68-73-86(91)103-82(76-97-84(89)70-65-60-55-49-46-43-41-38-36-33-31-28-25-22-19-16-13-10-7-2)78-101-105(93,94)99-74-81(88)75-100-106(95,96)102-79-83(77-98-85(90)71-66-61-56-53-52-54-59-64-69-80(4)5)104-87(92)72-67-62-57-50-47-44-40-29-26-23-20-17-14-11-8-3/h80-83,88H,6-79H2,1-5H3,(H,93,94)(H,95,96)/t81-,82-,83-/m1/s1. The van der Waals surface area contributed by atoms with Crippen molar-refractivity contribution >= 4 is 39.5 Å². The van der Waals surface area contributed by atoms with E-state index in [9.17, 15) is 43.2 Å². The molecule has 0 aromatic heterocycles. The second-order valence-electron chi connectivity index (χ2n) is 31.8. The zero-order valence-electron chi connectivity index (χ0n) is 69.6. The minimum absolute atomic E-state index is 0.108. The third kappa shape index (κ3) is 80.1. The number of phosphoric ester groups is 2. The second-order valence-corrected chi connectivity index (χ2v) is 34.7. The van der Waals surface area contributed by atoms with E-state index in [2.05, 4.69) is 34.6 Å². The van der Waals surface area contributed by atoms with Crippen molar-refractivity contribution in [2.24, 2.45) is 5.92 Å². The summed E-state index contributed by atoms with van der Waals surface area (Å²) in [6.45, 7) is 7.34. The molecule has 0 bridgehead atoms. The van der Waals surface area contributed by atoms with Gasteiger partial charge >= 0.3 is 39.5 Å². The van der Waals surface area contributed by atoms with E-state index >= 15 is 0 Å². The van der Waals surface area contributed by atoms with E-state index in [1.165, 1.54) is 295 Å². The van der Waals surface area contributed by atoms with Gasteiger partial charge in [-0.05, 0) is 31.6 Å². The predicted molar refractivity (Wildman–Crippen MR) is 437 cm³/mol. The number of esters is 4. The van der Waals surface area contributed by atoms with Crippen LogP contribution in [0.3, 0.4) is 0 Å². The minimum atomic E-state index is -4.97. The number of hydrogen-bond acceptors (Lipinski definition) is 15. The molecule has 0 saturated carbocycles. The third-order valence-electron chi connectivity index (χ3n) is 20.5. The summed E-state index contributed by atoms with van der Waals surface area (Å²) in [7, 11) is -9.93. The minimum Gasteiger partial charge on any atom is -0.462 e. The van der Waals surface area contributed by atoms with Gasteiger partial charge in [0.05, 0.1) is 26.4 Å². The van der Waals surface area contributed by atoms with Gasteiger partial charge in [-0.3, -0.25) is 37.3 Å². The van der Waals surface area contributed by atoms with E-state index in [0.29, 0.717) is 25.7 Å². The van der Waals surface area contributed by atoms with Crippen LogP contribution in [0, 0.1) is 5.92 Å². The second kappa shape index (κ2) is 79.7. The Morgan fingerprint density at radius 3 is 0.642 bits per heavy atom. The Bertz CT molecular complexity index is 2010. The number of ether oxygens (including phenoxy) is 4. The molecule has 0 saturated heterocycles. The highest BCUT2D eigenvalue weighted by atomic mass is 31.2. The fraction of sp³-hybridized carbons (Fsp3) is 0.954. The molecule has 19 heteroatoms. The predicted octanol–water partition coefficient (Wildman–Crippen LogP) is 26.8. The van der Waals surface area contributed by atoms with Crippen LogP contribution in [0.2, 0.25) is 0 Å². The topological polar surface area (TPSA) is 237 Å². The number of aliphatic hydroxyl groups is 1. The molecular weight excluding hydrogens is 1380 g/mol. The van der Waals surface area contributed by atoms with Crippen LogP contribution in [0.25, 0.3) is 0 Å². The van der Waals surface area contributed by atoms with E-state index in [1.54, 1.807) is 0 Å². The first-order valence-electron chi connectivity index (χ1n) is 45.1. The summed E-state index contributed by atoms with van der Waals surface area (Å²) in [6, 6.07) is 0. The highest BCUT2D eigenvalue weighted by molar-refractivity contribution is 7.47. The van der Waals surface area contributed by atoms with Crippen molar-refractivity contribution in [2.45, 2.75) is 490 Å². The van der Waals surface area contributed by atoms with Gasteiger partial charge in [0.15, 0.2) is 12.2 Å². The summed E-state index contributed by atoms with van der Waals surface area (Å²) in [5.74, 6) is -1.37. The normalized spacial score (nSPS) is 13.7. The molecular formula is C87H170O17P2. The van der Waals surface area contributed by atoms with Crippen molar-refractivity contribution in [1.82, 2.24) is 0 Å². The maximum atomic E-state index is 13.2. The summed E-state index contributed by atoms with van der Waals surface area (Å²) in [5, 5.41) is 10.7. The van der Waals surface area contributed by atoms with Gasteiger partial charge in [0.1, 0.15) is 19.3 Å². The average molecular weight is 1550 g/mol. The zero-order valence-corrected chi connectivity index (χ0v) is 71.4. The highest BCUT2D eigenvalue weighted by Gasteiger charge is 2.30. The monoisotopic (exact) mass is 1550 g/mol. The van der Waals surface area contributed by atoms with E-state index in [4.69, 9.17) is 37.0 Å². The molecule has 3 N–H and O–H groups in total. The number of phosphoric acid groups is 2. The molecule has 5 atom stereocenters. The van der Waals surface area contributed by atoms with E-state index < -0.39 is 97.5 Å². The van der Waals surface area contributed by atoms with Crippen molar-refractivity contribution in [1.29, 1.82) is 0 Å². The summed E-state index contributed by atoms with van der Waals surface area (Å²) in [4.78, 5) is 73.3. The summed E-state index contributed by atoms with van der Waals surface area (Å²) in [6.07, 6.45) is 73.7. The van der Waals surface area contributed by atoms with Crippen LogP contribution >= 0.6 is 15.6 Å². The van der Waals surface area contributed by atoms with Crippen LogP contribution in [0.4, 0.5) is 0 Å². The average Bonchev–Trinajstić information content (AvgIpc) is 0.911. The maximum absolute atomic E-state index is 13.2. The first-order valence-corrected chi connectivity index (χ1v) is 48.1. The molecule has 630 valence electrons. The van der Waals surface area contributed by atoms with Crippen molar-refractivity contribution in [3.8, 4) is 0 Å². The molecule has 106 heavy (non-hydrogen) atoms. The van der Waals surface area contributed by atoms with Crippen LogP contribution in [-0.4, -0.2) is 96.7 Å². The first kappa shape index (κ1) is 104. The Hall–Kier alpha value is -1.94. The van der Waals surface area contributed by atoms with E-state index in [1.807, 2.05) is 0 Å². The van der Waals surface area contributed by atoms with Gasteiger partial charge in [-0.25, -0.2) is 9.13 Å². The molecule has 0 rings (SSSR count). The highest BCUT2D eigenvalue weighted by Crippen LogP contribution is 2.45. The van der Waals surface area contributed by atoms with Crippen LogP contribution < -0.4 is 0 Å². The Labute approximate surface area is 651 Å². The lowest BCUT2D eigenvalue weighted by atomic mass is 10.0. The van der Waals surface area contributed by atoms with Gasteiger partial charge in [-0.1, -0.05) is 420 Å². The Balaban J connectivity index is 5.23. The fourth-order valence-corrected chi connectivity index (χ4v) is 15.2. The molecule has 0 aliphatic rings. The van der Waals surface area contributed by atoms with Crippen LogP contribution in [0.15, 0.2) is 0 Å². The number of carbonyl (C=O) groups excluding carboxylic acids is 4. The zero-order chi connectivity index (χ0) is 77.6. The van der Waals surface area contributed by atoms with Crippen LogP contribution in [0.5, 0.6) is 0 Å². The number of hydrogen-bond donors (Lipinski definition) is 3. The lowest BCUT2D eigenvalue weighted by molar-refractivity contribution is -0.161. The lowest BCUT2D eigenvalue weighted by Gasteiger charge is -2.21. The largest absolute Gasteiger partial charge is 0.472 e. The number of unbranched alkanes of at least 4 members (excludes halogenated alkanes) is 59. The maximum Gasteiger partial charge on any atom is 0.472 e. The number of carbonyl (C=O) groups is 4. The Kier molecular flexibility index (Phi) is 78.2. The van der Waals surface area contributed by atoms with Gasteiger partial charge in [0, 0.05) is 25.7 Å². The van der Waals surface area contributed by atoms with Crippen molar-refractivity contribution in [2.75, 3.05) is 39.6 Å². The molecule has 0 aromatic rings. The molecule has 0 aliphatic heterocycles. The van der Waals surface area contributed by atoms with Gasteiger partial charge < -0.3 is 33.8 Å². The molecule has 0 spiro atoms.